The van der Waals surface area contributed by atoms with Gasteiger partial charge in [-0.25, -0.2) is 8.42 Å². The molecule has 64 valence electrons. The molecular formula is C6H10ClNO2S. The first-order chi connectivity index (χ1) is 5.08. The molecule has 0 amide bonds. The van der Waals surface area contributed by atoms with Crippen molar-refractivity contribution in [2.75, 3.05) is 18.3 Å². The minimum atomic E-state index is -3.32. The molecule has 0 spiro atoms. The average Bonchev–Trinajstić information content (AvgIpc) is 2.00. The van der Waals surface area contributed by atoms with Crippen LogP contribution in [0.15, 0.2) is 0 Å². The summed E-state index contributed by atoms with van der Waals surface area (Å²) in [5.41, 5.74) is 0. The van der Waals surface area contributed by atoms with Crippen LogP contribution in [0, 0.1) is 12.3 Å². The molecule has 0 atom stereocenters. The Morgan fingerprint density at radius 3 is 2.45 bits per heavy atom. The number of rotatable bonds is 4. The first kappa shape index (κ1) is 10.8. The van der Waals surface area contributed by atoms with E-state index in [4.69, 9.17) is 18.0 Å². The maximum atomic E-state index is 11.0. The molecule has 0 aliphatic heterocycles. The fraction of sp³-hybridized carbons (Fsp3) is 0.667. The van der Waals surface area contributed by atoms with Crippen LogP contribution in [0.3, 0.4) is 0 Å². The number of halogens is 1. The lowest BCUT2D eigenvalue weighted by molar-refractivity contribution is 0.468. The van der Waals surface area contributed by atoms with Crippen molar-refractivity contribution in [3.05, 3.63) is 0 Å². The van der Waals surface area contributed by atoms with Gasteiger partial charge in [-0.05, 0) is 0 Å². The van der Waals surface area contributed by atoms with Crippen LogP contribution < -0.4 is 0 Å². The number of hydrogen-bond acceptors (Lipinski definition) is 2. The number of alkyl halides is 1. The molecule has 5 heteroatoms. The van der Waals surface area contributed by atoms with Crippen molar-refractivity contribution in [3.8, 4) is 12.3 Å². The highest BCUT2D eigenvalue weighted by atomic mass is 35.5. The van der Waals surface area contributed by atoms with E-state index < -0.39 is 15.2 Å². The fourth-order valence-electron chi connectivity index (χ4n) is 0.578. The minimum absolute atomic E-state index is 0.0888. The highest BCUT2D eigenvalue weighted by molar-refractivity contribution is 7.90. The second-order valence-electron chi connectivity index (χ2n) is 1.85. The van der Waals surface area contributed by atoms with Crippen LogP contribution in [0.4, 0.5) is 0 Å². The second kappa shape index (κ2) is 4.60. The SMILES string of the molecule is C#CCN(CC)S(=O)(=O)CCl. The molecule has 0 radical (unpaired) electrons. The standard InChI is InChI=1S/C6H10ClNO2S/c1-3-5-8(4-2)11(9,10)6-7/h1H,4-6H2,2H3. The minimum Gasteiger partial charge on any atom is -0.211 e. The molecule has 0 saturated carbocycles. The number of sulfonamides is 1. The van der Waals surface area contributed by atoms with E-state index in [1.54, 1.807) is 6.92 Å². The highest BCUT2D eigenvalue weighted by Crippen LogP contribution is 2.01. The quantitative estimate of drug-likeness (QED) is 0.483. The molecule has 0 aromatic carbocycles. The summed E-state index contributed by atoms with van der Waals surface area (Å²) in [6.45, 7) is 2.16. The van der Waals surface area contributed by atoms with E-state index >= 15 is 0 Å². The summed E-state index contributed by atoms with van der Waals surface area (Å²) in [4.78, 5) is 0. The Hall–Kier alpha value is -0.240. The Kier molecular flexibility index (Phi) is 4.50. The Bertz CT molecular complexity index is 242. The predicted molar refractivity (Wildman–Crippen MR) is 45.7 cm³/mol. The monoisotopic (exact) mass is 195 g/mol. The van der Waals surface area contributed by atoms with Crippen LogP contribution in [0.25, 0.3) is 0 Å². The topological polar surface area (TPSA) is 37.4 Å². The van der Waals surface area contributed by atoms with Gasteiger partial charge in [0, 0.05) is 6.54 Å². The first-order valence-electron chi connectivity index (χ1n) is 3.05. The van der Waals surface area contributed by atoms with E-state index in [0.717, 1.165) is 4.31 Å². The molecule has 0 aromatic rings. The molecule has 11 heavy (non-hydrogen) atoms. The zero-order chi connectivity index (χ0) is 8.91. The largest absolute Gasteiger partial charge is 0.229 e. The number of terminal acetylenes is 1. The van der Waals surface area contributed by atoms with Gasteiger partial charge in [-0.2, -0.15) is 4.31 Å². The van der Waals surface area contributed by atoms with Crippen molar-refractivity contribution in [3.63, 3.8) is 0 Å². The van der Waals surface area contributed by atoms with Gasteiger partial charge in [-0.15, -0.1) is 18.0 Å². The zero-order valence-corrected chi connectivity index (χ0v) is 7.82. The summed E-state index contributed by atoms with van der Waals surface area (Å²) >= 11 is 5.20. The maximum Gasteiger partial charge on any atom is 0.229 e. The molecule has 0 aliphatic carbocycles. The smallest absolute Gasteiger partial charge is 0.211 e. The van der Waals surface area contributed by atoms with Crippen molar-refractivity contribution >= 4 is 21.6 Å². The van der Waals surface area contributed by atoms with Crippen molar-refractivity contribution in [2.24, 2.45) is 0 Å². The van der Waals surface area contributed by atoms with E-state index in [9.17, 15) is 8.42 Å². The van der Waals surface area contributed by atoms with Crippen LogP contribution in [0.2, 0.25) is 0 Å². The van der Waals surface area contributed by atoms with Gasteiger partial charge >= 0.3 is 0 Å². The van der Waals surface area contributed by atoms with Crippen LogP contribution in [0.1, 0.15) is 6.92 Å². The van der Waals surface area contributed by atoms with Crippen molar-refractivity contribution < 1.29 is 8.42 Å². The van der Waals surface area contributed by atoms with Gasteiger partial charge in [0.25, 0.3) is 0 Å². The van der Waals surface area contributed by atoms with Crippen LogP contribution in [0.5, 0.6) is 0 Å². The lowest BCUT2D eigenvalue weighted by Crippen LogP contribution is -2.31. The van der Waals surface area contributed by atoms with Gasteiger partial charge in [0.05, 0.1) is 6.54 Å². The summed E-state index contributed by atoms with van der Waals surface area (Å²) < 4.78 is 23.2. The Morgan fingerprint density at radius 1 is 1.64 bits per heavy atom. The second-order valence-corrected chi connectivity index (χ2v) is 4.40. The Balaban J connectivity index is 4.40. The molecular weight excluding hydrogens is 186 g/mol. The molecule has 0 N–H and O–H groups in total. The molecule has 0 saturated heterocycles. The van der Waals surface area contributed by atoms with E-state index in [-0.39, 0.29) is 6.54 Å². The fourth-order valence-corrected chi connectivity index (χ4v) is 1.79. The lowest BCUT2D eigenvalue weighted by Gasteiger charge is -2.14. The molecule has 0 heterocycles. The van der Waals surface area contributed by atoms with Crippen molar-refractivity contribution in [1.29, 1.82) is 0 Å². The van der Waals surface area contributed by atoms with Gasteiger partial charge in [-0.3, -0.25) is 0 Å². The molecule has 0 rings (SSSR count). The summed E-state index contributed by atoms with van der Waals surface area (Å²) in [6.07, 6.45) is 4.96. The Morgan fingerprint density at radius 2 is 2.18 bits per heavy atom. The summed E-state index contributed by atoms with van der Waals surface area (Å²) in [5.74, 6) is 2.25. The normalized spacial score (nSPS) is 11.5. The first-order valence-corrected chi connectivity index (χ1v) is 5.20. The van der Waals surface area contributed by atoms with Gasteiger partial charge < -0.3 is 0 Å². The van der Waals surface area contributed by atoms with Gasteiger partial charge in [0.2, 0.25) is 10.0 Å². The number of hydrogen-bond donors (Lipinski definition) is 0. The predicted octanol–water partition coefficient (Wildman–Crippen LogP) is 0.468. The summed E-state index contributed by atoms with van der Waals surface area (Å²) in [7, 11) is -3.32. The molecule has 0 bridgehead atoms. The average molecular weight is 196 g/mol. The van der Waals surface area contributed by atoms with Crippen LogP contribution in [-0.2, 0) is 10.0 Å². The number of nitrogens with zero attached hydrogens (tertiary/aromatic N) is 1. The third kappa shape index (κ3) is 3.10. The van der Waals surface area contributed by atoms with E-state index in [2.05, 4.69) is 5.92 Å². The molecule has 3 nitrogen and oxygen atoms in total. The van der Waals surface area contributed by atoms with Crippen molar-refractivity contribution in [2.45, 2.75) is 6.92 Å². The molecule has 0 aromatic heterocycles. The van der Waals surface area contributed by atoms with E-state index in [1.807, 2.05) is 0 Å². The molecule has 0 aliphatic rings. The zero-order valence-electron chi connectivity index (χ0n) is 6.25. The maximum absolute atomic E-state index is 11.0. The third-order valence-corrected chi connectivity index (χ3v) is 3.43. The van der Waals surface area contributed by atoms with E-state index in [1.165, 1.54) is 0 Å². The third-order valence-electron chi connectivity index (χ3n) is 1.15. The van der Waals surface area contributed by atoms with Crippen molar-refractivity contribution in [1.82, 2.24) is 4.31 Å². The van der Waals surface area contributed by atoms with E-state index in [0.29, 0.717) is 6.54 Å². The molecule has 0 unspecified atom stereocenters. The summed E-state index contributed by atoms with van der Waals surface area (Å²) in [5, 5.41) is -0.414. The Labute approximate surface area is 72.4 Å². The van der Waals surface area contributed by atoms with Gasteiger partial charge in [0.15, 0.2) is 0 Å². The van der Waals surface area contributed by atoms with Gasteiger partial charge in [-0.1, -0.05) is 12.8 Å². The van der Waals surface area contributed by atoms with Gasteiger partial charge in [0.1, 0.15) is 5.21 Å². The van der Waals surface area contributed by atoms with Crippen LogP contribution in [-0.4, -0.2) is 31.0 Å². The highest BCUT2D eigenvalue weighted by Gasteiger charge is 2.17. The van der Waals surface area contributed by atoms with Crippen LogP contribution >= 0.6 is 11.6 Å². The molecule has 0 fully saturated rings. The lowest BCUT2D eigenvalue weighted by atomic mass is 10.6. The summed E-state index contributed by atoms with van der Waals surface area (Å²) in [6, 6.07) is 0.